The Kier molecular flexibility index (Phi) is 16.1. The maximum absolute atomic E-state index is 11.9. The van der Waals surface area contributed by atoms with Gasteiger partial charge in [0.1, 0.15) is 6.10 Å². The molecule has 0 radical (unpaired) electrons. The molecule has 0 spiro atoms. The third kappa shape index (κ3) is 9.73. The molecule has 10 nitrogen and oxygen atoms in total. The highest BCUT2D eigenvalue weighted by molar-refractivity contribution is 5.71. The molecule has 4 aliphatic rings. The first-order chi connectivity index (χ1) is 24.0. The number of fused-ring (bicyclic) bond motifs is 6. The van der Waals surface area contributed by atoms with Gasteiger partial charge in [-0.2, -0.15) is 0 Å². The van der Waals surface area contributed by atoms with E-state index in [-0.39, 0.29) is 45.6 Å². The van der Waals surface area contributed by atoms with Crippen molar-refractivity contribution >= 4 is 5.97 Å². The van der Waals surface area contributed by atoms with Crippen LogP contribution in [0, 0.1) is 23.7 Å². The number of benzene rings is 2. The Morgan fingerprint density at radius 3 is 1.60 bits per heavy atom. The lowest BCUT2D eigenvalue weighted by Gasteiger charge is -2.47. The van der Waals surface area contributed by atoms with Crippen molar-refractivity contribution in [3.63, 3.8) is 0 Å². The summed E-state index contributed by atoms with van der Waals surface area (Å²) >= 11 is 0. The van der Waals surface area contributed by atoms with Gasteiger partial charge in [-0.25, -0.2) is 0 Å². The van der Waals surface area contributed by atoms with Crippen molar-refractivity contribution in [3.05, 3.63) is 46.5 Å². The molecule has 52 heavy (non-hydrogen) atoms. The molecular weight excluding hydrogens is 658 g/mol. The van der Waals surface area contributed by atoms with Crippen molar-refractivity contribution < 1.29 is 33.6 Å². The van der Waals surface area contributed by atoms with Gasteiger partial charge in [-0.05, 0) is 96.4 Å². The van der Waals surface area contributed by atoms with Crippen LogP contribution in [0.2, 0.25) is 0 Å². The zero-order chi connectivity index (χ0) is 36.1. The van der Waals surface area contributed by atoms with Crippen LogP contribution in [0.15, 0.2) is 24.3 Å². The summed E-state index contributed by atoms with van der Waals surface area (Å²) in [6, 6.07) is 8.94. The third-order valence-electron chi connectivity index (χ3n) is 11.2. The normalized spacial score (nSPS) is 25.1. The lowest BCUT2D eigenvalue weighted by atomic mass is 9.79. The number of methoxy groups -OCH3 is 4. The molecule has 0 saturated carbocycles. The SMILES string of the molecule is C.C.COc1cc2c(cc1OC)C1CC(O)C(CC(C)C)CN1CC2.COc1cc2c(cc1OC)C1CC(OC(=O)CN)C(CC(C)C)CN1CC2. The Hall–Kier alpha value is -3.05. The minimum Gasteiger partial charge on any atom is -0.493 e. The van der Waals surface area contributed by atoms with Gasteiger partial charge in [0.15, 0.2) is 23.0 Å². The minimum absolute atomic E-state index is 0. The molecule has 0 aliphatic carbocycles. The number of carbonyl (C=O) groups is 1. The first-order valence-corrected chi connectivity index (χ1v) is 18.5. The Bertz CT molecular complexity index is 1450. The van der Waals surface area contributed by atoms with Crippen LogP contribution >= 0.6 is 0 Å². The maximum atomic E-state index is 11.9. The molecule has 0 aromatic heterocycles. The van der Waals surface area contributed by atoms with Crippen molar-refractivity contribution in [3.8, 4) is 23.0 Å². The predicted octanol–water partition coefficient (Wildman–Crippen LogP) is 6.84. The third-order valence-corrected chi connectivity index (χ3v) is 11.2. The fourth-order valence-electron chi connectivity index (χ4n) is 8.85. The van der Waals surface area contributed by atoms with Gasteiger partial charge < -0.3 is 34.5 Å². The topological polar surface area (TPSA) is 116 Å². The van der Waals surface area contributed by atoms with E-state index in [0.29, 0.717) is 29.7 Å². The predicted molar refractivity (Wildman–Crippen MR) is 209 cm³/mol. The number of ether oxygens (including phenoxy) is 5. The monoisotopic (exact) mass is 728 g/mol. The smallest absolute Gasteiger partial charge is 0.319 e. The summed E-state index contributed by atoms with van der Waals surface area (Å²) in [5, 5.41) is 10.6. The first kappa shape index (κ1) is 43.4. The number of carbonyl (C=O) groups excluding carboxylic acids is 1. The van der Waals surface area contributed by atoms with Crippen molar-refractivity contribution in [1.29, 1.82) is 0 Å². The van der Waals surface area contributed by atoms with Gasteiger partial charge in [-0.1, -0.05) is 42.5 Å². The van der Waals surface area contributed by atoms with E-state index < -0.39 is 0 Å². The molecule has 2 aromatic rings. The van der Waals surface area contributed by atoms with Gasteiger partial charge >= 0.3 is 5.97 Å². The molecule has 294 valence electrons. The van der Waals surface area contributed by atoms with Crippen molar-refractivity contribution in [2.45, 2.75) is 105 Å². The second-order valence-corrected chi connectivity index (χ2v) is 15.4. The number of esters is 1. The number of nitrogens with zero attached hydrogens (tertiary/aromatic N) is 2. The van der Waals surface area contributed by atoms with E-state index in [1.54, 1.807) is 28.4 Å². The lowest BCUT2D eigenvalue weighted by Crippen LogP contribution is -2.49. The molecular formula is C42H69N3O7. The van der Waals surface area contributed by atoms with Crippen LogP contribution in [-0.2, 0) is 22.4 Å². The summed E-state index contributed by atoms with van der Waals surface area (Å²) in [6.07, 6.45) is 5.49. The number of hydrogen-bond acceptors (Lipinski definition) is 10. The van der Waals surface area contributed by atoms with Crippen molar-refractivity contribution in [1.82, 2.24) is 9.80 Å². The van der Waals surface area contributed by atoms with Crippen molar-refractivity contribution in [2.75, 3.05) is 61.2 Å². The van der Waals surface area contributed by atoms with E-state index >= 15 is 0 Å². The van der Waals surface area contributed by atoms with Gasteiger partial charge in [-0.3, -0.25) is 14.6 Å². The number of aliphatic hydroxyl groups is 1. The fraction of sp³-hybridized carbons (Fsp3) is 0.690. The van der Waals surface area contributed by atoms with E-state index in [4.69, 9.17) is 29.4 Å². The highest BCUT2D eigenvalue weighted by Gasteiger charge is 2.42. The van der Waals surface area contributed by atoms with Gasteiger partial charge in [0.2, 0.25) is 0 Å². The largest absolute Gasteiger partial charge is 0.493 e. The summed E-state index contributed by atoms with van der Waals surface area (Å²) < 4.78 is 27.7. The van der Waals surface area contributed by atoms with Gasteiger partial charge in [-0.15, -0.1) is 0 Å². The van der Waals surface area contributed by atoms with Crippen LogP contribution in [0.25, 0.3) is 0 Å². The molecule has 3 N–H and O–H groups in total. The number of hydrogen-bond donors (Lipinski definition) is 2. The molecule has 2 aromatic carbocycles. The molecule has 6 rings (SSSR count). The van der Waals surface area contributed by atoms with E-state index in [1.807, 2.05) is 0 Å². The van der Waals surface area contributed by atoms with E-state index in [9.17, 15) is 9.90 Å². The summed E-state index contributed by atoms with van der Waals surface area (Å²) in [5.41, 5.74) is 10.7. The summed E-state index contributed by atoms with van der Waals surface area (Å²) in [7, 11) is 6.69. The molecule has 2 saturated heterocycles. The van der Waals surface area contributed by atoms with E-state index in [2.05, 4.69) is 61.8 Å². The van der Waals surface area contributed by atoms with Crippen LogP contribution in [0.4, 0.5) is 0 Å². The molecule has 4 aliphatic heterocycles. The standard InChI is InChI=1S/C21H32N2O4.C19H29NO3.2CH4/c1-13(2)7-15-12-23-6-5-14-8-19(25-3)20(26-4)9-16(14)17(23)10-18(15)27-21(24)11-22;1-12(2)7-14-11-20-6-5-13-8-18(22-3)19(23-4)9-15(13)16(20)10-17(14)21;;/h8-9,13,15,17-18H,5-7,10-12,22H2,1-4H3;8-9,12,14,16-17,21H,5-7,10-11H2,1-4H3;2*1H4. The van der Waals surface area contributed by atoms with Crippen molar-refractivity contribution in [2.24, 2.45) is 29.4 Å². The molecule has 2 fully saturated rings. The second-order valence-electron chi connectivity index (χ2n) is 15.4. The maximum Gasteiger partial charge on any atom is 0.319 e. The van der Waals surface area contributed by atoms with Gasteiger partial charge in [0.25, 0.3) is 0 Å². The Balaban J connectivity index is 0.000000273. The molecule has 6 atom stereocenters. The quantitative estimate of drug-likeness (QED) is 0.252. The van der Waals surface area contributed by atoms with E-state index in [0.717, 1.165) is 87.7 Å². The zero-order valence-electron chi connectivity index (χ0n) is 31.6. The molecule has 4 heterocycles. The highest BCUT2D eigenvalue weighted by Crippen LogP contribution is 2.45. The summed E-state index contributed by atoms with van der Waals surface area (Å²) in [4.78, 5) is 17.0. The number of rotatable bonds is 10. The second kappa shape index (κ2) is 19.3. The van der Waals surface area contributed by atoms with Crippen LogP contribution < -0.4 is 24.7 Å². The van der Waals surface area contributed by atoms with Crippen LogP contribution in [0.1, 0.15) is 103 Å². The number of nitrogens with two attached hydrogens (primary N) is 1. The lowest BCUT2D eigenvalue weighted by molar-refractivity contribution is -0.155. The summed E-state index contributed by atoms with van der Waals surface area (Å²) in [5.74, 6) is 4.72. The average Bonchev–Trinajstić information content (AvgIpc) is 3.10. The molecule has 6 unspecified atom stereocenters. The Labute approximate surface area is 314 Å². The van der Waals surface area contributed by atoms with Crippen LogP contribution in [0.5, 0.6) is 23.0 Å². The van der Waals surface area contributed by atoms with Gasteiger partial charge in [0, 0.05) is 50.6 Å². The fourth-order valence-corrected chi connectivity index (χ4v) is 8.85. The highest BCUT2D eigenvalue weighted by atomic mass is 16.5. The van der Waals surface area contributed by atoms with E-state index in [1.165, 1.54) is 22.3 Å². The first-order valence-electron chi connectivity index (χ1n) is 18.5. The zero-order valence-corrected chi connectivity index (χ0v) is 31.6. The number of aliphatic hydroxyl groups excluding tert-OH is 1. The van der Waals surface area contributed by atoms with Crippen LogP contribution in [0.3, 0.4) is 0 Å². The Morgan fingerprint density at radius 1 is 0.731 bits per heavy atom. The van der Waals surface area contributed by atoms with Gasteiger partial charge in [0.05, 0.1) is 41.1 Å². The average molecular weight is 728 g/mol. The summed E-state index contributed by atoms with van der Waals surface area (Å²) in [6.45, 7) is 12.9. The molecule has 10 heteroatoms. The minimum atomic E-state index is -0.314. The number of piperidine rings is 2. The Morgan fingerprint density at radius 2 is 1.15 bits per heavy atom. The van der Waals surface area contributed by atoms with Crippen LogP contribution in [-0.4, -0.2) is 94.2 Å². The molecule has 0 bridgehead atoms. The molecule has 0 amide bonds.